The standard InChI is InChI=1S/C20H26ClNO/c1-3-11-23-20-10-7-16(13-19(20)21)12-18(14-22)17-8-5-15(4-2)6-9-17/h5-10,13,18H,3-4,11-12,14,22H2,1-2H3. The molecule has 0 aliphatic carbocycles. The van der Waals surface area contributed by atoms with Gasteiger partial charge in [0.2, 0.25) is 0 Å². The van der Waals surface area contributed by atoms with E-state index in [1.54, 1.807) is 0 Å². The molecule has 1 unspecified atom stereocenters. The Morgan fingerprint density at radius 3 is 2.30 bits per heavy atom. The molecule has 1 atom stereocenters. The first-order valence-electron chi connectivity index (χ1n) is 8.38. The van der Waals surface area contributed by atoms with Crippen LogP contribution in [0.5, 0.6) is 5.75 Å². The summed E-state index contributed by atoms with van der Waals surface area (Å²) in [6.07, 6.45) is 2.92. The molecular weight excluding hydrogens is 306 g/mol. The summed E-state index contributed by atoms with van der Waals surface area (Å²) >= 11 is 6.32. The van der Waals surface area contributed by atoms with Crippen molar-refractivity contribution in [2.45, 2.75) is 39.0 Å². The van der Waals surface area contributed by atoms with Crippen LogP contribution in [0.15, 0.2) is 42.5 Å². The number of benzene rings is 2. The molecule has 0 bridgehead atoms. The fraction of sp³-hybridized carbons (Fsp3) is 0.400. The number of halogens is 1. The molecule has 124 valence electrons. The maximum Gasteiger partial charge on any atom is 0.137 e. The third kappa shape index (κ3) is 4.98. The predicted octanol–water partition coefficient (Wildman–Crippen LogP) is 4.98. The molecule has 2 aromatic carbocycles. The maximum atomic E-state index is 6.32. The van der Waals surface area contributed by atoms with Gasteiger partial charge in [-0.1, -0.05) is 55.8 Å². The summed E-state index contributed by atoms with van der Waals surface area (Å²) in [4.78, 5) is 0. The van der Waals surface area contributed by atoms with E-state index in [0.29, 0.717) is 24.1 Å². The Kier molecular flexibility index (Phi) is 6.94. The maximum absolute atomic E-state index is 6.32. The lowest BCUT2D eigenvalue weighted by Gasteiger charge is -2.17. The van der Waals surface area contributed by atoms with Gasteiger partial charge in [0, 0.05) is 5.92 Å². The van der Waals surface area contributed by atoms with E-state index in [9.17, 15) is 0 Å². The van der Waals surface area contributed by atoms with Gasteiger partial charge in [0.25, 0.3) is 0 Å². The van der Waals surface area contributed by atoms with E-state index in [-0.39, 0.29) is 0 Å². The van der Waals surface area contributed by atoms with Gasteiger partial charge in [0.1, 0.15) is 5.75 Å². The average molecular weight is 332 g/mol. The highest BCUT2D eigenvalue weighted by Gasteiger charge is 2.12. The molecule has 0 fully saturated rings. The van der Waals surface area contributed by atoms with Gasteiger partial charge < -0.3 is 10.5 Å². The summed E-state index contributed by atoms with van der Waals surface area (Å²) in [7, 11) is 0. The van der Waals surface area contributed by atoms with Crippen LogP contribution in [0.2, 0.25) is 5.02 Å². The van der Waals surface area contributed by atoms with Gasteiger partial charge in [-0.25, -0.2) is 0 Å². The van der Waals surface area contributed by atoms with Gasteiger partial charge in [-0.3, -0.25) is 0 Å². The quantitative estimate of drug-likeness (QED) is 0.740. The van der Waals surface area contributed by atoms with E-state index in [4.69, 9.17) is 22.1 Å². The zero-order valence-corrected chi connectivity index (χ0v) is 14.8. The Morgan fingerprint density at radius 1 is 1.04 bits per heavy atom. The molecule has 0 saturated heterocycles. The van der Waals surface area contributed by atoms with Gasteiger partial charge in [0.15, 0.2) is 0 Å². The van der Waals surface area contributed by atoms with Crippen LogP contribution in [0.3, 0.4) is 0 Å². The minimum Gasteiger partial charge on any atom is -0.492 e. The van der Waals surface area contributed by atoms with Crippen molar-refractivity contribution in [3.05, 3.63) is 64.2 Å². The third-order valence-corrected chi connectivity index (χ3v) is 4.38. The molecule has 0 saturated carbocycles. The Balaban J connectivity index is 2.10. The fourth-order valence-corrected chi connectivity index (χ4v) is 2.91. The number of hydrogen-bond donors (Lipinski definition) is 1. The summed E-state index contributed by atoms with van der Waals surface area (Å²) in [6, 6.07) is 14.8. The van der Waals surface area contributed by atoms with E-state index in [0.717, 1.165) is 25.0 Å². The number of hydrogen-bond acceptors (Lipinski definition) is 2. The van der Waals surface area contributed by atoms with E-state index in [1.807, 2.05) is 12.1 Å². The third-order valence-electron chi connectivity index (χ3n) is 4.08. The van der Waals surface area contributed by atoms with Crippen LogP contribution >= 0.6 is 11.6 Å². The minimum absolute atomic E-state index is 0.305. The molecule has 0 aliphatic rings. The molecule has 23 heavy (non-hydrogen) atoms. The van der Waals surface area contributed by atoms with Crippen LogP contribution in [-0.2, 0) is 12.8 Å². The molecule has 2 N–H and O–H groups in total. The van der Waals surface area contributed by atoms with Crippen LogP contribution in [0, 0.1) is 0 Å². The molecule has 2 aromatic rings. The van der Waals surface area contributed by atoms with E-state index in [2.05, 4.69) is 44.2 Å². The zero-order chi connectivity index (χ0) is 16.7. The first-order valence-corrected chi connectivity index (χ1v) is 8.75. The molecule has 0 aromatic heterocycles. The first-order chi connectivity index (χ1) is 11.2. The van der Waals surface area contributed by atoms with Crippen molar-refractivity contribution in [1.82, 2.24) is 0 Å². The van der Waals surface area contributed by atoms with Gasteiger partial charge in [-0.15, -0.1) is 0 Å². The molecule has 0 spiro atoms. The van der Waals surface area contributed by atoms with Gasteiger partial charge in [0.05, 0.1) is 11.6 Å². The molecule has 0 amide bonds. The summed E-state index contributed by atoms with van der Waals surface area (Å²) in [6.45, 7) is 5.56. The topological polar surface area (TPSA) is 35.2 Å². The average Bonchev–Trinajstić information content (AvgIpc) is 2.59. The predicted molar refractivity (Wildman–Crippen MR) is 98.6 cm³/mol. The molecule has 2 nitrogen and oxygen atoms in total. The van der Waals surface area contributed by atoms with Crippen LogP contribution < -0.4 is 10.5 Å². The summed E-state index contributed by atoms with van der Waals surface area (Å²) in [5.41, 5.74) is 9.82. The minimum atomic E-state index is 0.305. The van der Waals surface area contributed by atoms with Gasteiger partial charge >= 0.3 is 0 Å². The van der Waals surface area contributed by atoms with Crippen molar-refractivity contribution < 1.29 is 4.74 Å². The summed E-state index contributed by atoms with van der Waals surface area (Å²) in [5, 5.41) is 0.674. The summed E-state index contributed by atoms with van der Waals surface area (Å²) in [5.74, 6) is 1.06. The molecule has 3 heteroatoms. The second-order valence-corrected chi connectivity index (χ2v) is 6.25. The molecular formula is C20H26ClNO. The SMILES string of the molecule is CCCOc1ccc(CC(CN)c2ccc(CC)cc2)cc1Cl. The van der Waals surface area contributed by atoms with E-state index in [1.165, 1.54) is 16.7 Å². The van der Waals surface area contributed by atoms with E-state index < -0.39 is 0 Å². The van der Waals surface area contributed by atoms with Crippen LogP contribution in [0.4, 0.5) is 0 Å². The van der Waals surface area contributed by atoms with Crippen molar-refractivity contribution in [3.8, 4) is 5.75 Å². The number of ether oxygens (including phenoxy) is 1. The van der Waals surface area contributed by atoms with Crippen molar-refractivity contribution in [1.29, 1.82) is 0 Å². The normalized spacial score (nSPS) is 12.2. The highest BCUT2D eigenvalue weighted by molar-refractivity contribution is 6.32. The van der Waals surface area contributed by atoms with Crippen molar-refractivity contribution >= 4 is 11.6 Å². The molecule has 0 heterocycles. The van der Waals surface area contributed by atoms with Crippen LogP contribution in [0.1, 0.15) is 42.9 Å². The first kappa shape index (κ1) is 17.8. The lowest BCUT2D eigenvalue weighted by molar-refractivity contribution is 0.317. The Labute approximate surface area is 144 Å². The lowest BCUT2D eigenvalue weighted by Crippen LogP contribution is -2.15. The number of rotatable bonds is 8. The van der Waals surface area contributed by atoms with Gasteiger partial charge in [-0.2, -0.15) is 0 Å². The lowest BCUT2D eigenvalue weighted by atomic mass is 9.91. The second-order valence-electron chi connectivity index (χ2n) is 5.85. The smallest absolute Gasteiger partial charge is 0.137 e. The van der Waals surface area contributed by atoms with Crippen LogP contribution in [-0.4, -0.2) is 13.2 Å². The highest BCUT2D eigenvalue weighted by atomic mass is 35.5. The van der Waals surface area contributed by atoms with Crippen molar-refractivity contribution in [2.75, 3.05) is 13.2 Å². The molecule has 2 rings (SSSR count). The monoisotopic (exact) mass is 331 g/mol. The largest absolute Gasteiger partial charge is 0.492 e. The summed E-state index contributed by atoms with van der Waals surface area (Å²) < 4.78 is 5.63. The highest BCUT2D eigenvalue weighted by Crippen LogP contribution is 2.28. The van der Waals surface area contributed by atoms with Crippen molar-refractivity contribution in [3.63, 3.8) is 0 Å². The Bertz CT molecular complexity index is 610. The zero-order valence-electron chi connectivity index (χ0n) is 14.0. The van der Waals surface area contributed by atoms with Crippen LogP contribution in [0.25, 0.3) is 0 Å². The molecule has 0 radical (unpaired) electrons. The number of nitrogens with two attached hydrogens (primary N) is 1. The van der Waals surface area contributed by atoms with Crippen molar-refractivity contribution in [2.24, 2.45) is 5.73 Å². The molecule has 0 aliphatic heterocycles. The van der Waals surface area contributed by atoms with Gasteiger partial charge in [-0.05, 0) is 54.6 Å². The second kappa shape index (κ2) is 8.95. The van der Waals surface area contributed by atoms with E-state index >= 15 is 0 Å². The number of aryl methyl sites for hydroxylation is 1. The fourth-order valence-electron chi connectivity index (χ4n) is 2.65. The Morgan fingerprint density at radius 2 is 1.74 bits per heavy atom. The Hall–Kier alpha value is -1.51.